The fourth-order valence-electron chi connectivity index (χ4n) is 3.47. The summed E-state index contributed by atoms with van der Waals surface area (Å²) in [5.74, 6) is -6.01. The van der Waals surface area contributed by atoms with Gasteiger partial charge in [-0.3, -0.25) is 0 Å². The summed E-state index contributed by atoms with van der Waals surface area (Å²) < 4.78 is 55.0. The van der Waals surface area contributed by atoms with Gasteiger partial charge in [-0.2, -0.15) is 0 Å². The molecular formula is C14H26O10. The average molecular weight is 354 g/mol. The molecule has 0 aliphatic carbocycles. The minimum atomic E-state index is -1.57. The molecule has 2 saturated heterocycles. The predicted molar refractivity (Wildman–Crippen MR) is 76.7 cm³/mol. The van der Waals surface area contributed by atoms with E-state index in [-0.39, 0.29) is 0 Å². The van der Waals surface area contributed by atoms with Crippen molar-refractivity contribution < 1.29 is 47.4 Å². The van der Waals surface area contributed by atoms with Crippen molar-refractivity contribution in [1.82, 2.24) is 0 Å². The van der Waals surface area contributed by atoms with Crippen molar-refractivity contribution >= 4 is 0 Å². The number of ether oxygens (including phenoxy) is 10. The van der Waals surface area contributed by atoms with Gasteiger partial charge in [-0.1, -0.05) is 0 Å². The zero-order valence-electron chi connectivity index (χ0n) is 15.2. The monoisotopic (exact) mass is 354 g/mol. The number of hydrogen-bond donors (Lipinski definition) is 0. The SMILES string of the molecule is COC1(OC)OC(C2OC(OC)(OC)C2(OC)OC)C1(OC)OC. The Balaban J connectivity index is 2.39. The normalized spacial score (nSPS) is 32.0. The van der Waals surface area contributed by atoms with Gasteiger partial charge in [0, 0.05) is 56.9 Å². The highest BCUT2D eigenvalue weighted by molar-refractivity contribution is 5.13. The summed E-state index contributed by atoms with van der Waals surface area (Å²) in [6, 6.07) is 0. The van der Waals surface area contributed by atoms with Crippen LogP contribution in [0.3, 0.4) is 0 Å². The molecule has 0 saturated carbocycles. The van der Waals surface area contributed by atoms with Crippen LogP contribution in [0.1, 0.15) is 0 Å². The van der Waals surface area contributed by atoms with Gasteiger partial charge in [0.15, 0.2) is 12.2 Å². The van der Waals surface area contributed by atoms with Crippen molar-refractivity contribution in [1.29, 1.82) is 0 Å². The largest absolute Gasteiger partial charge is 0.345 e. The Morgan fingerprint density at radius 2 is 0.708 bits per heavy atom. The first-order chi connectivity index (χ1) is 11.4. The fraction of sp³-hybridized carbons (Fsp3) is 1.00. The van der Waals surface area contributed by atoms with Crippen molar-refractivity contribution in [3.8, 4) is 0 Å². The second-order valence-electron chi connectivity index (χ2n) is 5.16. The highest BCUT2D eigenvalue weighted by atomic mass is 17.0. The maximum absolute atomic E-state index is 5.78. The quantitative estimate of drug-likeness (QED) is 0.512. The van der Waals surface area contributed by atoms with Crippen LogP contribution in [0.4, 0.5) is 0 Å². The maximum atomic E-state index is 5.78. The molecule has 0 amide bonds. The molecule has 2 atom stereocenters. The third-order valence-electron chi connectivity index (χ3n) is 4.73. The van der Waals surface area contributed by atoms with E-state index in [0.29, 0.717) is 0 Å². The van der Waals surface area contributed by atoms with E-state index in [1.54, 1.807) is 0 Å². The Labute approximate surface area is 141 Å². The van der Waals surface area contributed by atoms with Gasteiger partial charge >= 0.3 is 11.9 Å². The second kappa shape index (κ2) is 6.72. The van der Waals surface area contributed by atoms with Crippen LogP contribution in [0, 0.1) is 0 Å². The fourth-order valence-corrected chi connectivity index (χ4v) is 3.47. The zero-order valence-corrected chi connectivity index (χ0v) is 15.2. The summed E-state index contributed by atoms with van der Waals surface area (Å²) in [7, 11) is 11.4. The van der Waals surface area contributed by atoms with Crippen molar-refractivity contribution in [3.05, 3.63) is 0 Å². The van der Waals surface area contributed by atoms with Crippen molar-refractivity contribution in [3.63, 3.8) is 0 Å². The molecule has 10 nitrogen and oxygen atoms in total. The Kier molecular flexibility index (Phi) is 5.58. The van der Waals surface area contributed by atoms with Crippen molar-refractivity contribution in [2.45, 2.75) is 35.7 Å². The summed E-state index contributed by atoms with van der Waals surface area (Å²) in [5.41, 5.74) is 0. The summed E-state index contributed by atoms with van der Waals surface area (Å²) >= 11 is 0. The molecule has 2 aliphatic heterocycles. The maximum Gasteiger partial charge on any atom is 0.343 e. The summed E-state index contributed by atoms with van der Waals surface area (Å²) in [6.07, 6.45) is -1.66. The van der Waals surface area contributed by atoms with Gasteiger partial charge in [-0.05, 0) is 0 Å². The molecule has 2 unspecified atom stereocenters. The number of methoxy groups -OCH3 is 8. The van der Waals surface area contributed by atoms with E-state index in [4.69, 9.17) is 47.4 Å². The van der Waals surface area contributed by atoms with Crippen LogP contribution in [0.25, 0.3) is 0 Å². The van der Waals surface area contributed by atoms with Crippen molar-refractivity contribution in [2.75, 3.05) is 56.9 Å². The molecule has 0 radical (unpaired) electrons. The summed E-state index contributed by atoms with van der Waals surface area (Å²) in [5, 5.41) is 0. The number of hydrogen-bond acceptors (Lipinski definition) is 10. The molecule has 24 heavy (non-hydrogen) atoms. The molecule has 2 heterocycles. The van der Waals surface area contributed by atoms with E-state index in [1.807, 2.05) is 0 Å². The molecule has 142 valence electrons. The molecule has 0 aromatic carbocycles. The van der Waals surface area contributed by atoms with E-state index in [2.05, 4.69) is 0 Å². The van der Waals surface area contributed by atoms with Crippen LogP contribution in [-0.4, -0.2) is 92.6 Å². The molecule has 0 spiro atoms. The van der Waals surface area contributed by atoms with E-state index in [1.165, 1.54) is 56.9 Å². The van der Waals surface area contributed by atoms with Gasteiger partial charge in [0.2, 0.25) is 0 Å². The molecule has 0 bridgehead atoms. The number of rotatable bonds is 9. The smallest absolute Gasteiger partial charge is 0.343 e. The van der Waals surface area contributed by atoms with E-state index >= 15 is 0 Å². The van der Waals surface area contributed by atoms with Gasteiger partial charge in [0.1, 0.15) is 0 Å². The van der Waals surface area contributed by atoms with Gasteiger partial charge in [0.05, 0.1) is 0 Å². The first-order valence-corrected chi connectivity index (χ1v) is 7.19. The Morgan fingerprint density at radius 1 is 0.458 bits per heavy atom. The molecule has 0 aromatic rings. The molecule has 2 fully saturated rings. The van der Waals surface area contributed by atoms with Gasteiger partial charge in [-0.25, -0.2) is 0 Å². The van der Waals surface area contributed by atoms with E-state index < -0.39 is 35.7 Å². The zero-order chi connectivity index (χ0) is 18.2. The Morgan fingerprint density at radius 3 is 0.875 bits per heavy atom. The van der Waals surface area contributed by atoms with Crippen LogP contribution in [0.15, 0.2) is 0 Å². The topological polar surface area (TPSA) is 92.3 Å². The summed E-state index contributed by atoms with van der Waals surface area (Å²) in [4.78, 5) is 0. The minimum absolute atomic E-state index is 0.828. The Hall–Kier alpha value is -0.400. The average Bonchev–Trinajstić information content (AvgIpc) is 2.60. The van der Waals surface area contributed by atoms with Crippen LogP contribution in [0.5, 0.6) is 0 Å². The van der Waals surface area contributed by atoms with E-state index in [9.17, 15) is 0 Å². The molecule has 0 aromatic heterocycles. The Bertz CT molecular complexity index is 385. The second-order valence-corrected chi connectivity index (χ2v) is 5.16. The molecule has 2 aliphatic rings. The first kappa shape index (κ1) is 19.9. The van der Waals surface area contributed by atoms with Crippen LogP contribution in [0.2, 0.25) is 0 Å². The van der Waals surface area contributed by atoms with Crippen LogP contribution < -0.4 is 0 Å². The predicted octanol–water partition coefficient (Wildman–Crippen LogP) is -0.345. The minimum Gasteiger partial charge on any atom is -0.345 e. The highest BCUT2D eigenvalue weighted by Gasteiger charge is 2.84. The van der Waals surface area contributed by atoms with Gasteiger partial charge in [-0.15, -0.1) is 0 Å². The molecular weight excluding hydrogens is 328 g/mol. The molecule has 2 rings (SSSR count). The van der Waals surface area contributed by atoms with Crippen LogP contribution >= 0.6 is 0 Å². The molecule has 10 heteroatoms. The lowest BCUT2D eigenvalue weighted by atomic mass is 9.84. The lowest BCUT2D eigenvalue weighted by Gasteiger charge is -2.66. The van der Waals surface area contributed by atoms with Gasteiger partial charge in [0.25, 0.3) is 11.6 Å². The van der Waals surface area contributed by atoms with Crippen LogP contribution in [-0.2, 0) is 47.4 Å². The van der Waals surface area contributed by atoms with Gasteiger partial charge < -0.3 is 47.4 Å². The first-order valence-electron chi connectivity index (χ1n) is 7.19. The lowest BCUT2D eigenvalue weighted by molar-refractivity contribution is -0.644. The van der Waals surface area contributed by atoms with Crippen molar-refractivity contribution in [2.24, 2.45) is 0 Å². The third kappa shape index (κ3) is 2.01. The highest BCUT2D eigenvalue weighted by Crippen LogP contribution is 2.57. The molecule has 0 N–H and O–H groups in total. The third-order valence-corrected chi connectivity index (χ3v) is 4.73. The summed E-state index contributed by atoms with van der Waals surface area (Å²) in [6.45, 7) is 0. The van der Waals surface area contributed by atoms with E-state index in [0.717, 1.165) is 0 Å². The standard InChI is InChI=1S/C14H26O10/c1-15-11(16-2)9(23-13(11,19-5)20-6)10-12(17-3,18-4)14(21-7,22-8)24-10/h9-10H,1-8H3. The lowest BCUT2D eigenvalue weighted by Crippen LogP contribution is -2.89.